The first-order valence-corrected chi connectivity index (χ1v) is 9.58. The maximum absolute atomic E-state index is 12.7. The zero-order chi connectivity index (χ0) is 20.8. The Kier molecular flexibility index (Phi) is 6.58. The molecular formula is C20H28N6O3. The lowest BCUT2D eigenvalue weighted by atomic mass is 10.2. The Morgan fingerprint density at radius 3 is 2.72 bits per heavy atom. The lowest BCUT2D eigenvalue weighted by Crippen LogP contribution is -2.55. The van der Waals surface area contributed by atoms with E-state index in [0.29, 0.717) is 25.6 Å². The van der Waals surface area contributed by atoms with Crippen molar-refractivity contribution < 1.29 is 14.3 Å². The molecule has 0 radical (unpaired) electrons. The van der Waals surface area contributed by atoms with E-state index in [9.17, 15) is 4.79 Å². The molecule has 1 aromatic carbocycles. The summed E-state index contributed by atoms with van der Waals surface area (Å²) in [6.07, 6.45) is 3.56. The van der Waals surface area contributed by atoms with E-state index in [1.807, 2.05) is 43.3 Å². The van der Waals surface area contributed by atoms with Gasteiger partial charge in [-0.05, 0) is 19.1 Å². The molecule has 9 nitrogen and oxygen atoms in total. The van der Waals surface area contributed by atoms with E-state index < -0.39 is 0 Å². The molecule has 1 aromatic heterocycles. The lowest BCUT2D eigenvalue weighted by Gasteiger charge is -2.35. The number of carbonyl (C=O) groups excluding carboxylic acids is 1. The van der Waals surface area contributed by atoms with Crippen molar-refractivity contribution in [1.82, 2.24) is 20.0 Å². The summed E-state index contributed by atoms with van der Waals surface area (Å²) in [4.78, 5) is 21.2. The van der Waals surface area contributed by atoms with Crippen molar-refractivity contribution in [2.75, 3.05) is 45.3 Å². The monoisotopic (exact) mass is 400 g/mol. The Hall–Kier alpha value is -3.23. The second kappa shape index (κ2) is 9.31. The average molecular weight is 400 g/mol. The second-order valence-corrected chi connectivity index (χ2v) is 6.69. The molecule has 1 saturated heterocycles. The maximum atomic E-state index is 12.7. The van der Waals surface area contributed by atoms with Crippen LogP contribution in [0.5, 0.6) is 11.5 Å². The second-order valence-electron chi connectivity index (χ2n) is 6.69. The highest BCUT2D eigenvalue weighted by Crippen LogP contribution is 2.25. The fourth-order valence-corrected chi connectivity index (χ4v) is 3.24. The summed E-state index contributed by atoms with van der Waals surface area (Å²) in [7, 11) is 5.09. The highest BCUT2D eigenvalue weighted by molar-refractivity contribution is 5.98. The van der Waals surface area contributed by atoms with Crippen molar-refractivity contribution >= 4 is 17.6 Å². The molecule has 0 atom stereocenters. The number of aryl methyl sites for hydroxylation is 1. The van der Waals surface area contributed by atoms with Gasteiger partial charge in [0.15, 0.2) is 5.96 Å². The quantitative estimate of drug-likeness (QED) is 0.580. The molecule has 1 aliphatic heterocycles. The van der Waals surface area contributed by atoms with E-state index in [0.717, 1.165) is 29.3 Å². The Morgan fingerprint density at radius 2 is 2.10 bits per heavy atom. The van der Waals surface area contributed by atoms with E-state index in [4.69, 9.17) is 14.5 Å². The number of piperazine rings is 1. The summed E-state index contributed by atoms with van der Waals surface area (Å²) < 4.78 is 12.4. The summed E-state index contributed by atoms with van der Waals surface area (Å²) >= 11 is 0. The number of aromatic nitrogens is 2. The van der Waals surface area contributed by atoms with Crippen LogP contribution in [0.1, 0.15) is 12.5 Å². The zero-order valence-electron chi connectivity index (χ0n) is 17.4. The number of hydrogen-bond acceptors (Lipinski definition) is 5. The number of hydrogen-bond donors (Lipinski definition) is 1. The number of amides is 1. The molecule has 1 N–H and O–H groups in total. The van der Waals surface area contributed by atoms with Crippen molar-refractivity contribution in [3.8, 4) is 11.5 Å². The Labute approximate surface area is 170 Å². The van der Waals surface area contributed by atoms with Gasteiger partial charge in [-0.3, -0.25) is 9.48 Å². The van der Waals surface area contributed by atoms with E-state index in [1.165, 1.54) is 0 Å². The van der Waals surface area contributed by atoms with Crippen LogP contribution in [0, 0.1) is 0 Å². The fourth-order valence-electron chi connectivity index (χ4n) is 3.24. The Bertz CT molecular complexity index is 879. The smallest absolute Gasteiger partial charge is 0.246 e. The van der Waals surface area contributed by atoms with Gasteiger partial charge < -0.3 is 24.6 Å². The molecule has 0 aliphatic carbocycles. The summed E-state index contributed by atoms with van der Waals surface area (Å²) in [6.45, 7) is 4.70. The third-order valence-electron chi connectivity index (χ3n) is 4.75. The molecule has 0 saturated carbocycles. The maximum Gasteiger partial charge on any atom is 0.246 e. The minimum atomic E-state index is 0.0249. The van der Waals surface area contributed by atoms with Crippen LogP contribution in [0.15, 0.2) is 35.6 Å². The van der Waals surface area contributed by atoms with Crippen molar-refractivity contribution in [2.24, 2.45) is 12.0 Å². The summed E-state index contributed by atoms with van der Waals surface area (Å²) in [5.74, 6) is 2.20. The molecule has 2 aromatic rings. The van der Waals surface area contributed by atoms with Crippen LogP contribution in [-0.2, 0) is 18.4 Å². The molecule has 1 amide bonds. The number of guanidine groups is 1. The summed E-state index contributed by atoms with van der Waals surface area (Å²) in [5, 5.41) is 7.44. The topological polar surface area (TPSA) is 84.2 Å². The van der Waals surface area contributed by atoms with Gasteiger partial charge in [-0.15, -0.1) is 0 Å². The third-order valence-corrected chi connectivity index (χ3v) is 4.75. The number of methoxy groups -OCH3 is 2. The van der Waals surface area contributed by atoms with Crippen molar-refractivity contribution in [2.45, 2.75) is 13.5 Å². The van der Waals surface area contributed by atoms with Gasteiger partial charge in [0.25, 0.3) is 0 Å². The fraction of sp³-hybridized carbons (Fsp3) is 0.450. The zero-order valence-corrected chi connectivity index (χ0v) is 17.4. The number of carbonyl (C=O) groups is 1. The van der Waals surface area contributed by atoms with Crippen LogP contribution in [0.3, 0.4) is 0 Å². The number of benzene rings is 1. The van der Waals surface area contributed by atoms with E-state index in [2.05, 4.69) is 10.4 Å². The number of rotatable bonds is 6. The van der Waals surface area contributed by atoms with Crippen molar-refractivity contribution in [3.05, 3.63) is 36.2 Å². The molecule has 0 spiro atoms. The lowest BCUT2D eigenvalue weighted by molar-refractivity contribution is -0.120. The van der Waals surface area contributed by atoms with Crippen LogP contribution in [-0.4, -0.2) is 66.9 Å². The summed E-state index contributed by atoms with van der Waals surface area (Å²) in [6, 6.07) is 5.67. The molecule has 1 fully saturated rings. The molecule has 0 bridgehead atoms. The Morgan fingerprint density at radius 1 is 1.28 bits per heavy atom. The molecule has 9 heteroatoms. The molecule has 3 rings (SSSR count). The molecular weight excluding hydrogens is 372 g/mol. The molecule has 156 valence electrons. The van der Waals surface area contributed by atoms with Crippen LogP contribution < -0.4 is 19.7 Å². The first-order chi connectivity index (χ1) is 14.0. The number of nitrogens with one attached hydrogen (secondary N) is 1. The average Bonchev–Trinajstić information content (AvgIpc) is 3.16. The van der Waals surface area contributed by atoms with Crippen LogP contribution in [0.25, 0.3) is 0 Å². The number of nitrogens with zero attached hydrogens (tertiary/aromatic N) is 5. The minimum Gasteiger partial charge on any atom is -0.497 e. The van der Waals surface area contributed by atoms with Gasteiger partial charge in [0.1, 0.15) is 18.0 Å². The van der Waals surface area contributed by atoms with Gasteiger partial charge in [0, 0.05) is 44.5 Å². The van der Waals surface area contributed by atoms with Gasteiger partial charge >= 0.3 is 0 Å². The number of anilines is 1. The van der Waals surface area contributed by atoms with Crippen LogP contribution in [0.2, 0.25) is 0 Å². The first-order valence-electron chi connectivity index (χ1n) is 9.58. The van der Waals surface area contributed by atoms with Gasteiger partial charge in [-0.25, -0.2) is 4.99 Å². The molecule has 1 aliphatic rings. The van der Waals surface area contributed by atoms with Crippen LogP contribution in [0.4, 0.5) is 5.69 Å². The molecule has 2 heterocycles. The highest BCUT2D eigenvalue weighted by Gasteiger charge is 2.27. The molecule has 29 heavy (non-hydrogen) atoms. The number of ether oxygens (including phenoxy) is 2. The van der Waals surface area contributed by atoms with Gasteiger partial charge in [-0.2, -0.15) is 5.10 Å². The SMILES string of the molecule is CCNC(=NCc1ccc(OC)cc1OC)N1CCN(c2cnn(C)c2)C(=O)C1. The standard InChI is InChI=1S/C20H28N6O3/c1-5-21-20(22-11-15-6-7-17(28-3)10-18(15)29-4)25-8-9-26(19(27)14-25)16-12-23-24(2)13-16/h6-7,10,12-13H,5,8-9,11,14H2,1-4H3,(H,21,22). The normalized spacial score (nSPS) is 14.9. The predicted molar refractivity (Wildman–Crippen MR) is 111 cm³/mol. The van der Waals surface area contributed by atoms with Crippen molar-refractivity contribution in [3.63, 3.8) is 0 Å². The van der Waals surface area contributed by atoms with Gasteiger partial charge in [-0.1, -0.05) is 0 Å². The minimum absolute atomic E-state index is 0.0249. The van der Waals surface area contributed by atoms with Crippen molar-refractivity contribution in [1.29, 1.82) is 0 Å². The van der Waals surface area contributed by atoms with Gasteiger partial charge in [0.05, 0.1) is 32.6 Å². The highest BCUT2D eigenvalue weighted by atomic mass is 16.5. The van der Waals surface area contributed by atoms with E-state index in [-0.39, 0.29) is 12.5 Å². The number of aliphatic imine (C=N–C) groups is 1. The van der Waals surface area contributed by atoms with Gasteiger partial charge in [0.2, 0.25) is 5.91 Å². The van der Waals surface area contributed by atoms with Crippen LogP contribution >= 0.6 is 0 Å². The summed E-state index contributed by atoms with van der Waals surface area (Å²) in [5.41, 5.74) is 1.77. The predicted octanol–water partition coefficient (Wildman–Crippen LogP) is 1.25. The third kappa shape index (κ3) is 4.79. The van der Waals surface area contributed by atoms with E-state index >= 15 is 0 Å². The van der Waals surface area contributed by atoms with E-state index in [1.54, 1.807) is 30.0 Å². The first kappa shape index (κ1) is 20.5. The Balaban J connectivity index is 1.72. The largest absolute Gasteiger partial charge is 0.497 e. The molecule has 0 unspecified atom stereocenters.